The van der Waals surface area contributed by atoms with E-state index in [9.17, 15) is 61.0 Å². The Morgan fingerprint density at radius 3 is 1.55 bits per heavy atom. The van der Waals surface area contributed by atoms with Crippen LogP contribution in [0.1, 0.15) is 110 Å². The Hall–Kier alpha value is -1.99. The maximum atomic E-state index is 12.9. The monoisotopic (exact) mass is 922 g/mol. The predicted molar refractivity (Wildman–Crippen MR) is 231 cm³/mol. The lowest BCUT2D eigenvalue weighted by molar-refractivity contribution is -0.379. The lowest BCUT2D eigenvalue weighted by atomic mass is 9.96. The zero-order valence-electron chi connectivity index (χ0n) is 37.5. The average molecular weight is 922 g/mol. The fraction of sp³-hybridized carbons (Fsp3) is 0.844. The van der Waals surface area contributed by atoms with Gasteiger partial charge in [-0.15, -0.1) is 0 Å². The van der Waals surface area contributed by atoms with Gasteiger partial charge in [0.2, 0.25) is 5.91 Å². The number of unbranched alkanes of at least 4 members (excludes halogenated alkanes) is 10. The van der Waals surface area contributed by atoms with Crippen LogP contribution < -0.4 is 5.32 Å². The first-order valence-electron chi connectivity index (χ1n) is 23.2. The number of rotatable bonds is 30. The summed E-state index contributed by atoms with van der Waals surface area (Å²) in [4.78, 5) is 12.9. The Labute approximate surface area is 377 Å². The molecule has 3 aliphatic rings. The predicted octanol–water partition coefficient (Wildman–Crippen LogP) is -0.143. The smallest absolute Gasteiger partial charge is 0.220 e. The highest BCUT2D eigenvalue weighted by Crippen LogP contribution is 2.33. The van der Waals surface area contributed by atoms with Gasteiger partial charge in [0.05, 0.1) is 38.6 Å². The van der Waals surface area contributed by atoms with Gasteiger partial charge < -0.3 is 89.9 Å². The molecule has 0 aromatic rings. The minimum Gasteiger partial charge on any atom is -0.394 e. The lowest BCUT2D eigenvalue weighted by Gasteiger charge is -2.48. The number of hydrogen-bond acceptors (Lipinski definition) is 18. The summed E-state index contributed by atoms with van der Waals surface area (Å²) in [6.45, 7) is 1.47. The molecule has 0 aromatic heterocycles. The second kappa shape index (κ2) is 31.1. The first-order chi connectivity index (χ1) is 30.8. The number of hydrogen-bond donors (Lipinski definition) is 12. The molecule has 372 valence electrons. The quantitative estimate of drug-likeness (QED) is 0.0330. The van der Waals surface area contributed by atoms with E-state index in [0.29, 0.717) is 12.8 Å². The summed E-state index contributed by atoms with van der Waals surface area (Å²) < 4.78 is 33.9. The first-order valence-corrected chi connectivity index (χ1v) is 23.2. The number of carbonyl (C=O) groups is 1. The van der Waals surface area contributed by atoms with E-state index in [2.05, 4.69) is 43.5 Å². The van der Waals surface area contributed by atoms with Gasteiger partial charge in [-0.2, -0.15) is 0 Å². The number of aliphatic hydroxyl groups is 11. The van der Waals surface area contributed by atoms with Crippen LogP contribution in [0.2, 0.25) is 0 Å². The molecule has 12 N–H and O–H groups in total. The Kier molecular flexibility index (Phi) is 27.4. The molecule has 19 nitrogen and oxygen atoms in total. The molecular weight excluding hydrogens is 842 g/mol. The molecule has 3 heterocycles. The molecule has 0 saturated carbocycles. The fourth-order valence-electron chi connectivity index (χ4n) is 7.69. The molecule has 0 radical (unpaired) electrons. The minimum absolute atomic E-state index is 0.223. The molecule has 0 bridgehead atoms. The first kappa shape index (κ1) is 56.3. The Bertz CT molecular complexity index is 1340. The van der Waals surface area contributed by atoms with Crippen molar-refractivity contribution in [2.24, 2.45) is 0 Å². The topological polar surface area (TPSA) is 307 Å². The number of nitrogens with one attached hydrogen (secondary N) is 1. The number of allylic oxidation sites excluding steroid dienone is 5. The maximum absolute atomic E-state index is 12.9. The van der Waals surface area contributed by atoms with E-state index in [-0.39, 0.29) is 18.9 Å². The molecule has 0 aliphatic carbocycles. The molecule has 17 unspecified atom stereocenters. The number of carbonyl (C=O) groups excluding carboxylic acids is 1. The van der Waals surface area contributed by atoms with Crippen molar-refractivity contribution in [1.29, 1.82) is 0 Å². The Morgan fingerprint density at radius 2 is 1.00 bits per heavy atom. The highest BCUT2D eigenvalue weighted by atomic mass is 16.8. The summed E-state index contributed by atoms with van der Waals surface area (Å²) in [6.07, 6.45) is -0.368. The van der Waals surface area contributed by atoms with Crippen LogP contribution in [-0.4, -0.2) is 193 Å². The van der Waals surface area contributed by atoms with Gasteiger partial charge in [-0.1, -0.05) is 95.2 Å². The van der Waals surface area contributed by atoms with E-state index in [1.807, 2.05) is 0 Å². The molecular formula is C45H79NO18. The Morgan fingerprint density at radius 1 is 0.547 bits per heavy atom. The van der Waals surface area contributed by atoms with E-state index >= 15 is 0 Å². The van der Waals surface area contributed by atoms with Crippen LogP contribution in [0.5, 0.6) is 0 Å². The Balaban J connectivity index is 1.57. The van der Waals surface area contributed by atoms with E-state index in [0.717, 1.165) is 44.9 Å². The van der Waals surface area contributed by atoms with Gasteiger partial charge in [-0.25, -0.2) is 0 Å². The third-order valence-corrected chi connectivity index (χ3v) is 11.7. The normalized spacial score (nSPS) is 34.8. The molecule has 0 aromatic carbocycles. The van der Waals surface area contributed by atoms with Crippen LogP contribution in [0.4, 0.5) is 0 Å². The summed E-state index contributed by atoms with van der Waals surface area (Å²) in [6, 6.07) is -0.987. The lowest BCUT2D eigenvalue weighted by Crippen LogP contribution is -2.66. The molecule has 3 aliphatic heterocycles. The highest BCUT2D eigenvalue weighted by molar-refractivity contribution is 5.76. The second-order valence-electron chi connectivity index (χ2n) is 16.8. The third-order valence-electron chi connectivity index (χ3n) is 11.7. The SMILES string of the molecule is CCCCCCC/C=C/CC/C=C/CC/C=C/C(O)C(COC1OC(CO)C(OC2OC(CO)C(OC3OC(CO)C(O)C(O)C3O)C(O)C2O)C(O)C1O)NC(=O)CCCCCC. The van der Waals surface area contributed by atoms with Gasteiger partial charge in [0.15, 0.2) is 18.9 Å². The maximum Gasteiger partial charge on any atom is 0.220 e. The molecule has 1 amide bonds. The van der Waals surface area contributed by atoms with E-state index in [4.69, 9.17) is 28.4 Å². The second-order valence-corrected chi connectivity index (χ2v) is 16.8. The van der Waals surface area contributed by atoms with Crippen molar-refractivity contribution in [1.82, 2.24) is 5.32 Å². The minimum atomic E-state index is -1.98. The molecule has 17 atom stereocenters. The third kappa shape index (κ3) is 17.9. The summed E-state index contributed by atoms with van der Waals surface area (Å²) >= 11 is 0. The van der Waals surface area contributed by atoms with Crippen molar-refractivity contribution in [3.05, 3.63) is 36.5 Å². The molecule has 3 rings (SSSR count). The van der Waals surface area contributed by atoms with Crippen LogP contribution in [0, 0.1) is 0 Å². The average Bonchev–Trinajstić information content (AvgIpc) is 3.29. The van der Waals surface area contributed by atoms with Gasteiger partial charge >= 0.3 is 0 Å². The standard InChI is InChI=1S/C45H79NO18/c1-3-5-7-9-10-11-12-13-14-15-16-17-18-19-20-22-29(50)28(46-33(51)23-21-8-6-4-2)27-59-43-39(57)36(54)41(31(25-48)61-43)64-45-40(58)37(55)42(32(26-49)62-45)63-44-38(56)35(53)34(52)30(24-47)60-44/h12-13,16-17,20,22,28-32,34-45,47-50,52-58H,3-11,14-15,18-19,21,23-27H2,1-2H3,(H,46,51)/b13-12+,17-16+,22-20+. The number of aliphatic hydroxyl groups excluding tert-OH is 11. The van der Waals surface area contributed by atoms with Gasteiger partial charge in [0, 0.05) is 6.42 Å². The molecule has 0 spiro atoms. The van der Waals surface area contributed by atoms with Gasteiger partial charge in [0.25, 0.3) is 0 Å². The van der Waals surface area contributed by atoms with Crippen molar-refractivity contribution in [3.8, 4) is 0 Å². The zero-order chi connectivity index (χ0) is 47.0. The van der Waals surface area contributed by atoms with Crippen LogP contribution >= 0.6 is 0 Å². The summed E-state index contributed by atoms with van der Waals surface area (Å²) in [5, 5.41) is 119. The largest absolute Gasteiger partial charge is 0.394 e. The summed E-state index contributed by atoms with van der Waals surface area (Å²) in [5.74, 6) is -0.312. The van der Waals surface area contributed by atoms with Crippen molar-refractivity contribution < 1.29 is 89.4 Å². The highest BCUT2D eigenvalue weighted by Gasteiger charge is 2.53. The van der Waals surface area contributed by atoms with Crippen LogP contribution in [-0.2, 0) is 33.2 Å². The van der Waals surface area contributed by atoms with Gasteiger partial charge in [-0.3, -0.25) is 4.79 Å². The summed E-state index contributed by atoms with van der Waals surface area (Å²) in [7, 11) is 0. The van der Waals surface area contributed by atoms with Gasteiger partial charge in [-0.05, 0) is 44.9 Å². The summed E-state index contributed by atoms with van der Waals surface area (Å²) in [5.41, 5.74) is 0. The van der Waals surface area contributed by atoms with Crippen LogP contribution in [0.25, 0.3) is 0 Å². The molecule has 19 heteroatoms. The van der Waals surface area contributed by atoms with E-state index in [1.165, 1.54) is 32.1 Å². The van der Waals surface area contributed by atoms with Crippen molar-refractivity contribution >= 4 is 5.91 Å². The molecule has 64 heavy (non-hydrogen) atoms. The van der Waals surface area contributed by atoms with Crippen molar-refractivity contribution in [2.75, 3.05) is 26.4 Å². The number of amides is 1. The van der Waals surface area contributed by atoms with E-state index < -0.39 is 124 Å². The zero-order valence-corrected chi connectivity index (χ0v) is 37.5. The molecule has 3 saturated heterocycles. The number of ether oxygens (including phenoxy) is 6. The van der Waals surface area contributed by atoms with Crippen molar-refractivity contribution in [2.45, 2.75) is 214 Å². The van der Waals surface area contributed by atoms with Crippen LogP contribution in [0.15, 0.2) is 36.5 Å². The van der Waals surface area contributed by atoms with Crippen LogP contribution in [0.3, 0.4) is 0 Å². The molecule has 3 fully saturated rings. The van der Waals surface area contributed by atoms with Gasteiger partial charge in [0.1, 0.15) is 73.2 Å². The van der Waals surface area contributed by atoms with E-state index in [1.54, 1.807) is 12.2 Å². The van der Waals surface area contributed by atoms with Crippen molar-refractivity contribution in [3.63, 3.8) is 0 Å². The fourth-order valence-corrected chi connectivity index (χ4v) is 7.69.